The minimum atomic E-state index is -0.610. The van der Waals surface area contributed by atoms with Gasteiger partial charge in [0.05, 0.1) is 13.7 Å². The third kappa shape index (κ3) is 4.79. The second-order valence-corrected chi connectivity index (χ2v) is 8.29. The Bertz CT molecular complexity index is 975. The number of primary amides is 1. The van der Waals surface area contributed by atoms with Crippen LogP contribution in [-0.4, -0.2) is 37.3 Å². The van der Waals surface area contributed by atoms with E-state index in [9.17, 15) is 9.59 Å². The van der Waals surface area contributed by atoms with Crippen molar-refractivity contribution in [1.82, 2.24) is 5.32 Å². The molecule has 0 bridgehead atoms. The van der Waals surface area contributed by atoms with Gasteiger partial charge in [-0.3, -0.25) is 9.59 Å². The smallest absolute Gasteiger partial charge is 0.266 e. The fraction of sp³-hybridized carbons (Fsp3) is 0.348. The van der Waals surface area contributed by atoms with Crippen LogP contribution < -0.4 is 15.8 Å². The number of methoxy groups -OCH3 is 1. The molecule has 7 heteroatoms. The first kappa shape index (κ1) is 21.4. The maximum atomic E-state index is 12.6. The highest BCUT2D eigenvalue weighted by molar-refractivity contribution is 6.38. The van der Waals surface area contributed by atoms with E-state index in [1.807, 2.05) is 12.1 Å². The predicted octanol–water partition coefficient (Wildman–Crippen LogP) is 3.02. The first-order chi connectivity index (χ1) is 14.2. The van der Waals surface area contributed by atoms with Gasteiger partial charge in [0.2, 0.25) is 0 Å². The first-order valence-electron chi connectivity index (χ1n) is 9.78. The van der Waals surface area contributed by atoms with Crippen molar-refractivity contribution in [2.24, 2.45) is 10.9 Å². The highest BCUT2D eigenvalue weighted by Crippen LogP contribution is 2.32. The van der Waals surface area contributed by atoms with Gasteiger partial charge in [0.25, 0.3) is 11.8 Å². The van der Waals surface area contributed by atoms with Gasteiger partial charge in [-0.25, -0.2) is 0 Å². The van der Waals surface area contributed by atoms with Crippen molar-refractivity contribution >= 4 is 17.5 Å². The van der Waals surface area contributed by atoms with Gasteiger partial charge in [-0.15, -0.1) is 0 Å². The minimum absolute atomic E-state index is 0.0603. The summed E-state index contributed by atoms with van der Waals surface area (Å²) >= 11 is 0. The molecule has 1 aliphatic heterocycles. The number of carbonyl (C=O) groups excluding carboxylic acids is 2. The number of ether oxygens (including phenoxy) is 1. The molecule has 0 radical (unpaired) electrons. The lowest BCUT2D eigenvalue weighted by Crippen LogP contribution is -2.33. The number of amides is 2. The molecule has 0 aromatic heterocycles. The molecular weight excluding hydrogens is 382 g/mol. The van der Waals surface area contributed by atoms with Crippen LogP contribution in [-0.2, 0) is 15.0 Å². The van der Waals surface area contributed by atoms with Gasteiger partial charge < -0.3 is 20.6 Å². The second kappa shape index (κ2) is 8.57. The van der Waals surface area contributed by atoms with Crippen molar-refractivity contribution < 1.29 is 19.2 Å². The van der Waals surface area contributed by atoms with Gasteiger partial charge in [0.1, 0.15) is 11.5 Å². The summed E-state index contributed by atoms with van der Waals surface area (Å²) in [7, 11) is 1.61. The van der Waals surface area contributed by atoms with E-state index in [0.29, 0.717) is 11.3 Å². The van der Waals surface area contributed by atoms with Gasteiger partial charge in [0, 0.05) is 17.5 Å². The lowest BCUT2D eigenvalue weighted by atomic mass is 9.86. The highest BCUT2D eigenvalue weighted by atomic mass is 16.6. The summed E-state index contributed by atoms with van der Waals surface area (Å²) in [6, 6.07) is 13.6. The zero-order valence-electron chi connectivity index (χ0n) is 17.7. The first-order valence-corrected chi connectivity index (χ1v) is 9.78. The number of oxime groups is 1. The van der Waals surface area contributed by atoms with Crippen molar-refractivity contribution in [3.63, 3.8) is 0 Å². The van der Waals surface area contributed by atoms with Crippen LogP contribution in [0.25, 0.3) is 11.1 Å². The van der Waals surface area contributed by atoms with E-state index in [1.54, 1.807) is 25.3 Å². The molecule has 1 atom stereocenters. The van der Waals surface area contributed by atoms with Gasteiger partial charge in [-0.05, 0) is 34.7 Å². The summed E-state index contributed by atoms with van der Waals surface area (Å²) in [5.41, 5.74) is 8.96. The molecule has 3 N–H and O–H groups in total. The Hall–Kier alpha value is -3.35. The molecule has 0 fully saturated rings. The van der Waals surface area contributed by atoms with E-state index >= 15 is 0 Å². The van der Waals surface area contributed by atoms with Crippen molar-refractivity contribution in [3.8, 4) is 16.9 Å². The molecule has 1 unspecified atom stereocenters. The molecule has 30 heavy (non-hydrogen) atoms. The summed E-state index contributed by atoms with van der Waals surface area (Å²) in [5.74, 6) is -0.170. The van der Waals surface area contributed by atoms with Gasteiger partial charge in [0.15, 0.2) is 6.10 Å². The summed E-state index contributed by atoms with van der Waals surface area (Å²) in [5, 5.41) is 6.46. The van der Waals surface area contributed by atoms with E-state index in [0.717, 1.165) is 11.1 Å². The zero-order valence-corrected chi connectivity index (χ0v) is 17.7. The Labute approximate surface area is 176 Å². The number of hydrogen-bond acceptors (Lipinski definition) is 5. The number of nitrogens with one attached hydrogen (secondary N) is 1. The molecular formula is C23H27N3O4. The summed E-state index contributed by atoms with van der Waals surface area (Å²) < 4.78 is 5.50. The fourth-order valence-corrected chi connectivity index (χ4v) is 3.22. The molecule has 0 spiro atoms. The minimum Gasteiger partial charge on any atom is -0.496 e. The topological polar surface area (TPSA) is 103 Å². The Kier molecular flexibility index (Phi) is 6.10. The molecule has 158 valence electrons. The largest absolute Gasteiger partial charge is 0.496 e. The van der Waals surface area contributed by atoms with E-state index in [4.69, 9.17) is 15.3 Å². The number of benzene rings is 2. The molecule has 2 amide bonds. The molecule has 2 aromatic carbocycles. The predicted molar refractivity (Wildman–Crippen MR) is 116 cm³/mol. The number of carbonyl (C=O) groups is 2. The molecule has 0 saturated carbocycles. The lowest BCUT2D eigenvalue weighted by molar-refractivity contribution is -0.112. The van der Waals surface area contributed by atoms with Crippen molar-refractivity contribution in [1.29, 1.82) is 0 Å². The average molecular weight is 409 g/mol. The molecule has 7 nitrogen and oxygen atoms in total. The third-order valence-electron chi connectivity index (χ3n) is 5.03. The van der Waals surface area contributed by atoms with Crippen LogP contribution in [0.15, 0.2) is 47.6 Å². The number of nitrogens with two attached hydrogens (primary N) is 1. The molecule has 0 saturated heterocycles. The number of hydrogen-bond donors (Lipinski definition) is 2. The van der Waals surface area contributed by atoms with Crippen LogP contribution in [0.1, 0.15) is 43.1 Å². The van der Waals surface area contributed by atoms with Crippen LogP contribution in [0.5, 0.6) is 5.75 Å². The Balaban J connectivity index is 1.74. The SMILES string of the molecule is COc1ccc(C(=O)NCC2CC(C(N)=O)=NO2)cc1-c1ccc(C(C)(C)C)cc1. The molecule has 0 aliphatic carbocycles. The summed E-state index contributed by atoms with van der Waals surface area (Å²) in [6.07, 6.45) is -0.122. The third-order valence-corrected chi connectivity index (χ3v) is 5.03. The number of nitrogens with zero attached hydrogens (tertiary/aromatic N) is 1. The van der Waals surface area contributed by atoms with Crippen LogP contribution in [0.2, 0.25) is 0 Å². The van der Waals surface area contributed by atoms with Crippen LogP contribution in [0.3, 0.4) is 0 Å². The van der Waals surface area contributed by atoms with Gasteiger partial charge >= 0.3 is 0 Å². The molecule has 2 aromatic rings. The van der Waals surface area contributed by atoms with Crippen LogP contribution in [0, 0.1) is 0 Å². The molecule has 1 aliphatic rings. The number of rotatable bonds is 6. The van der Waals surface area contributed by atoms with Crippen molar-refractivity contribution in [2.45, 2.75) is 38.7 Å². The summed E-state index contributed by atoms with van der Waals surface area (Å²) in [4.78, 5) is 28.9. The molecule has 1 heterocycles. The Morgan fingerprint density at radius 2 is 1.90 bits per heavy atom. The standard InChI is InChI=1S/C23H27N3O4/c1-23(2,3)16-8-5-14(6-9-16)18-11-15(7-10-20(18)29-4)22(28)25-13-17-12-19(21(24)27)26-30-17/h5-11,17H,12-13H2,1-4H3,(H2,24,27)(H,25,28). The van der Waals surface area contributed by atoms with E-state index in [1.165, 1.54) is 5.56 Å². The van der Waals surface area contributed by atoms with Crippen LogP contribution >= 0.6 is 0 Å². The van der Waals surface area contributed by atoms with Crippen molar-refractivity contribution in [2.75, 3.05) is 13.7 Å². The average Bonchev–Trinajstić information content (AvgIpc) is 3.20. The Morgan fingerprint density at radius 3 is 2.47 bits per heavy atom. The molecule has 3 rings (SSSR count). The normalized spacial score (nSPS) is 15.9. The second-order valence-electron chi connectivity index (χ2n) is 8.29. The quantitative estimate of drug-likeness (QED) is 0.765. The van der Waals surface area contributed by atoms with Gasteiger partial charge in [-0.1, -0.05) is 50.2 Å². The Morgan fingerprint density at radius 1 is 1.20 bits per heavy atom. The van der Waals surface area contributed by atoms with E-state index in [-0.39, 0.29) is 30.0 Å². The maximum absolute atomic E-state index is 12.6. The van der Waals surface area contributed by atoms with Gasteiger partial charge in [-0.2, -0.15) is 0 Å². The van der Waals surface area contributed by atoms with E-state index in [2.05, 4.69) is 43.4 Å². The van der Waals surface area contributed by atoms with Crippen LogP contribution in [0.4, 0.5) is 0 Å². The van der Waals surface area contributed by atoms with E-state index < -0.39 is 12.0 Å². The monoisotopic (exact) mass is 409 g/mol. The highest BCUT2D eigenvalue weighted by Gasteiger charge is 2.25. The fourth-order valence-electron chi connectivity index (χ4n) is 3.22. The maximum Gasteiger partial charge on any atom is 0.266 e. The zero-order chi connectivity index (χ0) is 21.9. The van der Waals surface area contributed by atoms with Crippen molar-refractivity contribution in [3.05, 3.63) is 53.6 Å². The summed E-state index contributed by atoms with van der Waals surface area (Å²) in [6.45, 7) is 6.72. The lowest BCUT2D eigenvalue weighted by Gasteiger charge is -2.19.